The zero-order valence-corrected chi connectivity index (χ0v) is 16.2. The summed E-state index contributed by atoms with van der Waals surface area (Å²) < 4.78 is 52.9. The number of sulfone groups is 1. The number of amides is 1. The molecular formula is C14H13F2N3O5S3. The first-order chi connectivity index (χ1) is 12.7. The Balaban J connectivity index is 1.98. The number of esters is 1. The van der Waals surface area contributed by atoms with E-state index in [1.807, 2.05) is 0 Å². The third-order valence-electron chi connectivity index (χ3n) is 2.93. The lowest BCUT2D eigenvalue weighted by molar-refractivity contribution is -0.139. The lowest BCUT2D eigenvalue weighted by atomic mass is 10.2. The zero-order valence-electron chi connectivity index (χ0n) is 13.7. The number of nitrogens with one attached hydrogen (secondary N) is 1. The number of nitrogens with zero attached hydrogens (tertiary/aromatic N) is 2. The van der Waals surface area contributed by atoms with Crippen molar-refractivity contribution in [1.82, 2.24) is 10.2 Å². The number of thioether (sulfide) groups is 1. The predicted molar refractivity (Wildman–Crippen MR) is 94.9 cm³/mol. The molecule has 0 atom stereocenters. The first-order valence-corrected chi connectivity index (χ1v) is 10.6. The number of carbonyl (C=O) groups excluding carboxylic acids is 2. The quantitative estimate of drug-likeness (QED) is 0.380. The second kappa shape index (κ2) is 9.19. The average molecular weight is 437 g/mol. The molecule has 0 unspecified atom stereocenters. The molecule has 1 N–H and O–H groups in total. The SMILES string of the molecule is CCOC(=O)CSc1nnc(NC(=O)c2ccc(S(=O)(=O)C(F)F)cc2)s1. The number of rotatable bonds is 8. The van der Waals surface area contributed by atoms with Crippen molar-refractivity contribution in [3.8, 4) is 0 Å². The third-order valence-corrected chi connectivity index (χ3v) is 6.27. The Bertz CT molecular complexity index is 916. The summed E-state index contributed by atoms with van der Waals surface area (Å²) in [6, 6.07) is 4.08. The van der Waals surface area contributed by atoms with E-state index < -0.39 is 32.4 Å². The van der Waals surface area contributed by atoms with Gasteiger partial charge >= 0.3 is 11.7 Å². The summed E-state index contributed by atoms with van der Waals surface area (Å²) in [6.45, 7) is 1.96. The highest BCUT2D eigenvalue weighted by molar-refractivity contribution is 8.01. The molecule has 0 spiro atoms. The van der Waals surface area contributed by atoms with E-state index in [2.05, 4.69) is 15.5 Å². The highest BCUT2D eigenvalue weighted by Gasteiger charge is 2.26. The van der Waals surface area contributed by atoms with E-state index in [1.54, 1.807) is 6.92 Å². The third kappa shape index (κ3) is 5.68. The van der Waals surface area contributed by atoms with Gasteiger partial charge in [-0.25, -0.2) is 8.42 Å². The molecule has 0 saturated carbocycles. The topological polar surface area (TPSA) is 115 Å². The number of anilines is 1. The number of hydrogen-bond donors (Lipinski definition) is 1. The molecular weight excluding hydrogens is 424 g/mol. The van der Waals surface area contributed by atoms with Crippen LogP contribution in [-0.2, 0) is 19.4 Å². The molecule has 1 aromatic heterocycles. The Hall–Kier alpha value is -2.12. The Kier molecular flexibility index (Phi) is 7.21. The molecule has 0 aliphatic heterocycles. The number of benzene rings is 1. The van der Waals surface area contributed by atoms with Crippen molar-refractivity contribution in [3.63, 3.8) is 0 Å². The molecule has 0 aliphatic carbocycles. The van der Waals surface area contributed by atoms with Crippen molar-refractivity contribution >= 4 is 49.9 Å². The van der Waals surface area contributed by atoms with Gasteiger partial charge in [0.1, 0.15) is 0 Å². The second-order valence-corrected chi connectivity index (χ2v) is 8.87. The minimum atomic E-state index is -4.72. The van der Waals surface area contributed by atoms with Crippen LogP contribution >= 0.6 is 23.1 Å². The number of carbonyl (C=O) groups is 2. The molecule has 0 radical (unpaired) electrons. The molecule has 0 aliphatic rings. The van der Waals surface area contributed by atoms with E-state index >= 15 is 0 Å². The van der Waals surface area contributed by atoms with Crippen molar-refractivity contribution in [2.75, 3.05) is 17.7 Å². The molecule has 2 rings (SSSR count). The van der Waals surface area contributed by atoms with Crippen LogP contribution in [0.1, 0.15) is 17.3 Å². The van der Waals surface area contributed by atoms with Crippen molar-refractivity contribution < 1.29 is 31.5 Å². The fourth-order valence-corrected chi connectivity index (χ4v) is 3.98. The van der Waals surface area contributed by atoms with Gasteiger partial charge in [-0.15, -0.1) is 10.2 Å². The van der Waals surface area contributed by atoms with Crippen LogP contribution in [0.2, 0.25) is 0 Å². The van der Waals surface area contributed by atoms with Gasteiger partial charge in [-0.3, -0.25) is 14.9 Å². The number of alkyl halides is 2. The van der Waals surface area contributed by atoms with Crippen LogP contribution in [0.3, 0.4) is 0 Å². The van der Waals surface area contributed by atoms with Gasteiger partial charge < -0.3 is 4.74 Å². The predicted octanol–water partition coefficient (Wildman–Crippen LogP) is 2.44. The van der Waals surface area contributed by atoms with E-state index in [0.717, 1.165) is 47.4 Å². The van der Waals surface area contributed by atoms with Crippen LogP contribution in [0.4, 0.5) is 13.9 Å². The van der Waals surface area contributed by atoms with Gasteiger partial charge in [0.15, 0.2) is 4.34 Å². The summed E-state index contributed by atoms with van der Waals surface area (Å²) in [5, 5.41) is 10.2. The number of ether oxygens (including phenoxy) is 1. The molecule has 2 aromatic rings. The summed E-state index contributed by atoms with van der Waals surface area (Å²) in [5.41, 5.74) is 0.0548. The van der Waals surface area contributed by atoms with Crippen LogP contribution in [0.25, 0.3) is 0 Å². The standard InChI is InChI=1S/C14H13F2N3O5S3/c1-2-24-10(20)7-25-14-19-18-13(26-14)17-11(21)8-3-5-9(6-4-8)27(22,23)12(15)16/h3-6,12H,2,7H2,1H3,(H,17,18,21). The summed E-state index contributed by atoms with van der Waals surface area (Å²) in [5.74, 6) is -4.50. The monoisotopic (exact) mass is 437 g/mol. The summed E-state index contributed by atoms with van der Waals surface area (Å²) in [7, 11) is -4.72. The van der Waals surface area contributed by atoms with Gasteiger partial charge in [0.2, 0.25) is 15.0 Å². The summed E-state index contributed by atoms with van der Waals surface area (Å²) in [6.07, 6.45) is 0. The summed E-state index contributed by atoms with van der Waals surface area (Å²) in [4.78, 5) is 22.8. The fourth-order valence-electron chi connectivity index (χ4n) is 1.71. The molecule has 1 heterocycles. The maximum absolute atomic E-state index is 12.5. The molecule has 0 bridgehead atoms. The average Bonchev–Trinajstić information content (AvgIpc) is 3.07. The van der Waals surface area contributed by atoms with Gasteiger partial charge in [0.25, 0.3) is 5.91 Å². The van der Waals surface area contributed by atoms with E-state index in [9.17, 15) is 26.8 Å². The first-order valence-electron chi connectivity index (χ1n) is 7.29. The molecule has 146 valence electrons. The number of halogens is 2. The molecule has 1 amide bonds. The number of aromatic nitrogens is 2. The second-order valence-electron chi connectivity index (χ2n) is 4.75. The fraction of sp³-hybridized carbons (Fsp3) is 0.286. The molecule has 1 aromatic carbocycles. The zero-order chi connectivity index (χ0) is 20.0. The van der Waals surface area contributed by atoms with E-state index in [4.69, 9.17) is 4.74 Å². The maximum Gasteiger partial charge on any atom is 0.341 e. The minimum Gasteiger partial charge on any atom is -0.465 e. The van der Waals surface area contributed by atoms with Crippen LogP contribution in [0.5, 0.6) is 0 Å². The van der Waals surface area contributed by atoms with Crippen LogP contribution < -0.4 is 5.32 Å². The smallest absolute Gasteiger partial charge is 0.341 e. The molecule has 0 fully saturated rings. The van der Waals surface area contributed by atoms with Crippen LogP contribution in [0, 0.1) is 0 Å². The molecule has 13 heteroatoms. The number of hydrogen-bond acceptors (Lipinski definition) is 9. The van der Waals surface area contributed by atoms with E-state index in [-0.39, 0.29) is 23.1 Å². The van der Waals surface area contributed by atoms with Gasteiger partial charge in [-0.2, -0.15) is 8.78 Å². The Labute approximate surface area is 161 Å². The highest BCUT2D eigenvalue weighted by Crippen LogP contribution is 2.26. The van der Waals surface area contributed by atoms with Crippen LogP contribution in [-0.4, -0.2) is 48.6 Å². The normalized spacial score (nSPS) is 11.4. The Morgan fingerprint density at radius 3 is 2.52 bits per heavy atom. The maximum atomic E-state index is 12.5. The Morgan fingerprint density at radius 2 is 1.93 bits per heavy atom. The van der Waals surface area contributed by atoms with Crippen molar-refractivity contribution in [2.45, 2.75) is 21.9 Å². The van der Waals surface area contributed by atoms with E-state index in [0.29, 0.717) is 4.34 Å². The van der Waals surface area contributed by atoms with Crippen molar-refractivity contribution in [2.24, 2.45) is 0 Å². The van der Waals surface area contributed by atoms with Gasteiger partial charge in [0, 0.05) is 5.56 Å². The van der Waals surface area contributed by atoms with Gasteiger partial charge in [-0.1, -0.05) is 23.1 Å². The van der Waals surface area contributed by atoms with E-state index in [1.165, 1.54) is 0 Å². The lowest BCUT2D eigenvalue weighted by Crippen LogP contribution is -2.14. The minimum absolute atomic E-state index is 0.0521. The largest absolute Gasteiger partial charge is 0.465 e. The molecule has 8 nitrogen and oxygen atoms in total. The first kappa shape index (κ1) is 21.2. The molecule has 27 heavy (non-hydrogen) atoms. The van der Waals surface area contributed by atoms with Crippen molar-refractivity contribution in [3.05, 3.63) is 29.8 Å². The lowest BCUT2D eigenvalue weighted by Gasteiger charge is -2.04. The Morgan fingerprint density at radius 1 is 1.26 bits per heavy atom. The highest BCUT2D eigenvalue weighted by atomic mass is 32.2. The summed E-state index contributed by atoms with van der Waals surface area (Å²) >= 11 is 2.13. The van der Waals surface area contributed by atoms with Crippen molar-refractivity contribution in [1.29, 1.82) is 0 Å². The molecule has 0 saturated heterocycles. The van der Waals surface area contributed by atoms with Gasteiger partial charge in [-0.05, 0) is 31.2 Å². The van der Waals surface area contributed by atoms with Gasteiger partial charge in [0.05, 0.1) is 17.3 Å². The van der Waals surface area contributed by atoms with Crippen LogP contribution in [0.15, 0.2) is 33.5 Å².